The first kappa shape index (κ1) is 13.3. The van der Waals surface area contributed by atoms with Gasteiger partial charge in [0.2, 0.25) is 5.88 Å². The van der Waals surface area contributed by atoms with Crippen LogP contribution in [-0.2, 0) is 6.54 Å². The molecule has 0 fully saturated rings. The van der Waals surface area contributed by atoms with Crippen LogP contribution in [0.2, 0.25) is 0 Å². The summed E-state index contributed by atoms with van der Waals surface area (Å²) < 4.78 is 5.19. The van der Waals surface area contributed by atoms with Gasteiger partial charge in [-0.05, 0) is 6.07 Å². The van der Waals surface area contributed by atoms with Crippen molar-refractivity contribution in [3.8, 4) is 5.88 Å². The molecule has 94 valence electrons. The van der Waals surface area contributed by atoms with Crippen LogP contribution in [0.15, 0.2) is 23.3 Å². The maximum atomic E-state index is 5.19. The predicted molar refractivity (Wildman–Crippen MR) is 69.3 cm³/mol. The van der Waals surface area contributed by atoms with Crippen LogP contribution in [0, 0.1) is 0 Å². The molecule has 1 rings (SSSR count). The number of aromatic nitrogens is 1. The molecule has 0 atom stereocenters. The van der Waals surface area contributed by atoms with E-state index in [-0.39, 0.29) is 0 Å². The molecule has 0 aliphatic carbocycles. The quantitative estimate of drug-likeness (QED) is 0.581. The molecule has 0 N–H and O–H groups in total. The molecule has 1 aromatic rings. The van der Waals surface area contributed by atoms with Gasteiger partial charge in [-0.15, -0.1) is 0 Å². The zero-order valence-corrected chi connectivity index (χ0v) is 11.1. The maximum absolute atomic E-state index is 5.19. The molecule has 0 saturated carbocycles. The van der Waals surface area contributed by atoms with Gasteiger partial charge in [-0.1, -0.05) is 6.07 Å². The van der Waals surface area contributed by atoms with Crippen molar-refractivity contribution in [2.45, 2.75) is 6.54 Å². The van der Waals surface area contributed by atoms with Gasteiger partial charge in [0.15, 0.2) is 5.96 Å². The molecule has 0 aliphatic rings. The van der Waals surface area contributed by atoms with Crippen LogP contribution in [0.25, 0.3) is 0 Å². The number of ether oxygens (including phenoxy) is 1. The number of pyridine rings is 1. The van der Waals surface area contributed by atoms with Crippen molar-refractivity contribution in [2.24, 2.45) is 4.99 Å². The van der Waals surface area contributed by atoms with Gasteiger partial charge in [0.1, 0.15) is 0 Å². The summed E-state index contributed by atoms with van der Waals surface area (Å²) in [4.78, 5) is 12.6. The Bertz CT molecular complexity index is 378. The van der Waals surface area contributed by atoms with Crippen LogP contribution in [0.4, 0.5) is 0 Å². The Balaban J connectivity index is 2.87. The van der Waals surface area contributed by atoms with E-state index in [4.69, 9.17) is 4.74 Å². The van der Waals surface area contributed by atoms with Crippen molar-refractivity contribution in [1.82, 2.24) is 14.8 Å². The number of nitrogens with zero attached hydrogens (tertiary/aromatic N) is 4. The molecule has 0 bridgehead atoms. The Hall–Kier alpha value is -1.78. The molecule has 5 nitrogen and oxygen atoms in total. The molecule has 5 heteroatoms. The van der Waals surface area contributed by atoms with Crippen LogP contribution < -0.4 is 4.74 Å². The molecule has 0 radical (unpaired) electrons. The summed E-state index contributed by atoms with van der Waals surface area (Å²) in [6.07, 6.45) is 1.71. The number of rotatable bonds is 3. The average molecular weight is 236 g/mol. The topological polar surface area (TPSA) is 41.0 Å². The fourth-order valence-electron chi connectivity index (χ4n) is 1.57. The minimum atomic E-state index is 0.558. The Morgan fingerprint density at radius 2 is 1.94 bits per heavy atom. The summed E-state index contributed by atoms with van der Waals surface area (Å²) in [5.41, 5.74) is 0.983. The number of hydrogen-bond acceptors (Lipinski definition) is 3. The van der Waals surface area contributed by atoms with E-state index < -0.39 is 0 Å². The van der Waals surface area contributed by atoms with E-state index in [1.165, 1.54) is 0 Å². The van der Waals surface area contributed by atoms with E-state index in [2.05, 4.69) is 9.98 Å². The maximum Gasteiger partial charge on any atom is 0.218 e. The van der Waals surface area contributed by atoms with Gasteiger partial charge < -0.3 is 14.5 Å². The molecular formula is C12H20N4O. The molecule has 1 aromatic heterocycles. The number of aliphatic imine (C=N–C) groups is 1. The molecular weight excluding hydrogens is 216 g/mol. The van der Waals surface area contributed by atoms with Crippen LogP contribution in [0.5, 0.6) is 5.88 Å². The van der Waals surface area contributed by atoms with E-state index in [0.717, 1.165) is 11.5 Å². The Morgan fingerprint density at radius 3 is 2.47 bits per heavy atom. The van der Waals surface area contributed by atoms with Crippen molar-refractivity contribution in [2.75, 3.05) is 35.3 Å². The van der Waals surface area contributed by atoms with Crippen molar-refractivity contribution in [3.63, 3.8) is 0 Å². The largest absolute Gasteiger partial charge is 0.481 e. The minimum Gasteiger partial charge on any atom is -0.481 e. The zero-order valence-electron chi connectivity index (χ0n) is 11.1. The van der Waals surface area contributed by atoms with Crippen LogP contribution >= 0.6 is 0 Å². The summed E-state index contributed by atoms with van der Waals surface area (Å²) in [5.74, 6) is 1.55. The average Bonchev–Trinajstić information content (AvgIpc) is 2.29. The van der Waals surface area contributed by atoms with Crippen molar-refractivity contribution in [3.05, 3.63) is 23.9 Å². The smallest absolute Gasteiger partial charge is 0.218 e. The highest BCUT2D eigenvalue weighted by Crippen LogP contribution is 2.14. The summed E-state index contributed by atoms with van der Waals surface area (Å²) in [6, 6.07) is 3.86. The van der Waals surface area contributed by atoms with Gasteiger partial charge in [0.25, 0.3) is 0 Å². The van der Waals surface area contributed by atoms with E-state index >= 15 is 0 Å². The third kappa shape index (κ3) is 3.62. The number of guanidine groups is 1. The van der Waals surface area contributed by atoms with Crippen LogP contribution in [0.1, 0.15) is 5.56 Å². The molecule has 0 aliphatic heterocycles. The predicted octanol–water partition coefficient (Wildman–Crippen LogP) is 1.07. The first-order valence-corrected chi connectivity index (χ1v) is 5.43. The number of methoxy groups -OCH3 is 1. The zero-order chi connectivity index (χ0) is 12.8. The fourth-order valence-corrected chi connectivity index (χ4v) is 1.57. The standard InChI is InChI=1S/C12H20N4O/c1-15(2)12(16(3)4)14-9-10-7-6-8-13-11(10)17-5/h6-8H,9H2,1-5H3. The second-order valence-electron chi connectivity index (χ2n) is 4.08. The van der Waals surface area contributed by atoms with E-state index in [0.29, 0.717) is 12.4 Å². The Labute approximate surface area is 103 Å². The lowest BCUT2D eigenvalue weighted by atomic mass is 10.3. The second-order valence-corrected chi connectivity index (χ2v) is 4.08. The highest BCUT2D eigenvalue weighted by atomic mass is 16.5. The van der Waals surface area contributed by atoms with Crippen LogP contribution in [0.3, 0.4) is 0 Å². The Kier molecular flexibility index (Phi) is 4.75. The summed E-state index contributed by atoms with van der Waals surface area (Å²) in [6.45, 7) is 0.558. The molecule has 0 spiro atoms. The summed E-state index contributed by atoms with van der Waals surface area (Å²) in [5, 5.41) is 0. The van der Waals surface area contributed by atoms with E-state index in [1.54, 1.807) is 13.3 Å². The summed E-state index contributed by atoms with van der Waals surface area (Å²) in [7, 11) is 9.51. The highest BCUT2D eigenvalue weighted by Gasteiger charge is 2.06. The molecule has 0 saturated heterocycles. The lowest BCUT2D eigenvalue weighted by Gasteiger charge is -2.22. The lowest BCUT2D eigenvalue weighted by Crippen LogP contribution is -2.35. The van der Waals surface area contributed by atoms with Gasteiger partial charge >= 0.3 is 0 Å². The van der Waals surface area contributed by atoms with Crippen LogP contribution in [-0.4, -0.2) is 56.0 Å². The van der Waals surface area contributed by atoms with Gasteiger partial charge in [0, 0.05) is 40.0 Å². The normalized spacial score (nSPS) is 9.71. The highest BCUT2D eigenvalue weighted by molar-refractivity contribution is 5.79. The Morgan fingerprint density at radius 1 is 1.29 bits per heavy atom. The molecule has 1 heterocycles. The third-order valence-corrected chi connectivity index (χ3v) is 2.23. The minimum absolute atomic E-state index is 0.558. The summed E-state index contributed by atoms with van der Waals surface area (Å²) >= 11 is 0. The SMILES string of the molecule is COc1ncccc1CN=C(N(C)C)N(C)C. The monoisotopic (exact) mass is 236 g/mol. The third-order valence-electron chi connectivity index (χ3n) is 2.23. The lowest BCUT2D eigenvalue weighted by molar-refractivity contribution is 0.392. The van der Waals surface area contributed by atoms with Gasteiger partial charge in [-0.3, -0.25) is 0 Å². The first-order valence-electron chi connectivity index (χ1n) is 5.43. The number of hydrogen-bond donors (Lipinski definition) is 0. The molecule has 0 unspecified atom stereocenters. The van der Waals surface area contributed by atoms with Gasteiger partial charge in [-0.25, -0.2) is 9.98 Å². The van der Waals surface area contributed by atoms with Gasteiger partial charge in [-0.2, -0.15) is 0 Å². The second kappa shape index (κ2) is 6.08. The molecule has 17 heavy (non-hydrogen) atoms. The van der Waals surface area contributed by atoms with Crippen molar-refractivity contribution < 1.29 is 4.74 Å². The van der Waals surface area contributed by atoms with Crippen molar-refractivity contribution in [1.29, 1.82) is 0 Å². The van der Waals surface area contributed by atoms with E-state index in [1.807, 2.05) is 50.1 Å². The van der Waals surface area contributed by atoms with Crippen molar-refractivity contribution >= 4 is 5.96 Å². The van der Waals surface area contributed by atoms with Gasteiger partial charge in [0.05, 0.1) is 13.7 Å². The van der Waals surface area contributed by atoms with E-state index in [9.17, 15) is 0 Å². The first-order chi connectivity index (χ1) is 8.06. The molecule has 0 aromatic carbocycles. The fraction of sp³-hybridized carbons (Fsp3) is 0.500. The molecule has 0 amide bonds.